The molecule has 110 valence electrons. The molecule has 2 N–H and O–H groups in total. The van der Waals surface area contributed by atoms with Gasteiger partial charge in [-0.1, -0.05) is 33.6 Å². The lowest BCUT2D eigenvalue weighted by atomic mass is 10.1. The minimum atomic E-state index is -3.65. The fourth-order valence-electron chi connectivity index (χ4n) is 2.21. The van der Waals surface area contributed by atoms with E-state index in [1.165, 1.54) is 0 Å². The van der Waals surface area contributed by atoms with Gasteiger partial charge < -0.3 is 5.32 Å². The number of halogens is 2. The number of hydrogen-bond donors (Lipinski definition) is 2. The summed E-state index contributed by atoms with van der Waals surface area (Å²) < 4.78 is 28.2. The molecule has 2 aromatic carbocycles. The fraction of sp³-hybridized carbons (Fsp3) is 0.143. The van der Waals surface area contributed by atoms with E-state index in [4.69, 9.17) is 11.6 Å². The summed E-state index contributed by atoms with van der Waals surface area (Å²) in [4.78, 5) is 0.240. The first-order chi connectivity index (χ1) is 9.95. The molecule has 1 aliphatic rings. The molecule has 0 saturated carbocycles. The summed E-state index contributed by atoms with van der Waals surface area (Å²) in [6, 6.07) is 10.2. The van der Waals surface area contributed by atoms with E-state index in [2.05, 4.69) is 26.0 Å². The average Bonchev–Trinajstić information content (AvgIpc) is 2.89. The fourth-order valence-corrected chi connectivity index (χ4v) is 4.12. The van der Waals surface area contributed by atoms with Crippen LogP contribution in [0.4, 0.5) is 5.69 Å². The molecule has 3 rings (SSSR count). The molecule has 0 fully saturated rings. The van der Waals surface area contributed by atoms with Gasteiger partial charge in [0.25, 0.3) is 10.0 Å². The third-order valence-electron chi connectivity index (χ3n) is 3.29. The van der Waals surface area contributed by atoms with Gasteiger partial charge in [-0.3, -0.25) is 4.72 Å². The van der Waals surface area contributed by atoms with Crippen molar-refractivity contribution in [3.63, 3.8) is 0 Å². The molecule has 0 radical (unpaired) electrons. The predicted molar refractivity (Wildman–Crippen MR) is 86.9 cm³/mol. The van der Waals surface area contributed by atoms with Crippen LogP contribution in [0.25, 0.3) is 0 Å². The minimum absolute atomic E-state index is 0.240. The van der Waals surface area contributed by atoms with E-state index in [0.717, 1.165) is 22.1 Å². The van der Waals surface area contributed by atoms with E-state index < -0.39 is 10.0 Å². The van der Waals surface area contributed by atoms with E-state index >= 15 is 0 Å². The summed E-state index contributed by atoms with van der Waals surface area (Å²) in [5, 5.41) is 3.53. The maximum absolute atomic E-state index is 12.4. The second-order valence-electron chi connectivity index (χ2n) is 4.76. The molecule has 0 amide bonds. The highest BCUT2D eigenvalue weighted by Gasteiger charge is 2.19. The van der Waals surface area contributed by atoms with Crippen LogP contribution in [0.5, 0.6) is 0 Å². The second kappa shape index (κ2) is 5.61. The van der Waals surface area contributed by atoms with Gasteiger partial charge in [0, 0.05) is 17.6 Å². The van der Waals surface area contributed by atoms with Gasteiger partial charge in [-0.2, -0.15) is 0 Å². The van der Waals surface area contributed by atoms with Gasteiger partial charge >= 0.3 is 0 Å². The Labute approximate surface area is 136 Å². The summed E-state index contributed by atoms with van der Waals surface area (Å²) in [6.45, 7) is 1.47. The summed E-state index contributed by atoms with van der Waals surface area (Å²) in [5.74, 6) is 0. The average molecular weight is 388 g/mol. The van der Waals surface area contributed by atoms with Gasteiger partial charge in [-0.15, -0.1) is 0 Å². The van der Waals surface area contributed by atoms with Gasteiger partial charge in [-0.25, -0.2) is 8.42 Å². The maximum Gasteiger partial charge on any atom is 0.261 e. The van der Waals surface area contributed by atoms with Crippen LogP contribution in [0.1, 0.15) is 11.1 Å². The van der Waals surface area contributed by atoms with Crippen LogP contribution in [-0.2, 0) is 23.1 Å². The normalized spacial score (nSPS) is 14.0. The lowest BCUT2D eigenvalue weighted by Crippen LogP contribution is -2.13. The predicted octanol–water partition coefficient (Wildman–Crippen LogP) is 3.51. The first kappa shape index (κ1) is 14.8. The zero-order valence-corrected chi connectivity index (χ0v) is 14.0. The van der Waals surface area contributed by atoms with Crippen molar-refractivity contribution in [2.24, 2.45) is 0 Å². The van der Waals surface area contributed by atoms with Crippen molar-refractivity contribution in [2.75, 3.05) is 4.72 Å². The molecule has 2 aromatic rings. The van der Waals surface area contributed by atoms with Crippen molar-refractivity contribution in [3.8, 4) is 0 Å². The van der Waals surface area contributed by atoms with Crippen molar-refractivity contribution >= 4 is 43.2 Å². The van der Waals surface area contributed by atoms with Crippen LogP contribution in [0.15, 0.2) is 45.8 Å². The Kier molecular flexibility index (Phi) is 3.96. The molecule has 0 unspecified atom stereocenters. The monoisotopic (exact) mass is 386 g/mol. The second-order valence-corrected chi connectivity index (χ2v) is 7.77. The number of anilines is 1. The number of nitrogens with one attached hydrogen (secondary N) is 2. The van der Waals surface area contributed by atoms with Gasteiger partial charge in [0.1, 0.15) is 0 Å². The molecule has 1 heterocycles. The van der Waals surface area contributed by atoms with Gasteiger partial charge in [0.15, 0.2) is 0 Å². The summed E-state index contributed by atoms with van der Waals surface area (Å²) >= 11 is 9.34. The Hall–Kier alpha value is -1.08. The Balaban J connectivity index is 1.93. The van der Waals surface area contributed by atoms with E-state index in [0.29, 0.717) is 17.3 Å². The third-order valence-corrected chi connectivity index (χ3v) is 5.46. The lowest BCUT2D eigenvalue weighted by molar-refractivity contribution is 0.601. The van der Waals surface area contributed by atoms with E-state index in [-0.39, 0.29) is 4.90 Å². The van der Waals surface area contributed by atoms with Crippen LogP contribution in [-0.4, -0.2) is 8.42 Å². The minimum Gasteiger partial charge on any atom is -0.309 e. The van der Waals surface area contributed by atoms with Crippen LogP contribution in [0.3, 0.4) is 0 Å². The van der Waals surface area contributed by atoms with Crippen molar-refractivity contribution in [2.45, 2.75) is 18.0 Å². The van der Waals surface area contributed by atoms with Crippen LogP contribution in [0.2, 0.25) is 5.02 Å². The zero-order valence-electron chi connectivity index (χ0n) is 10.9. The molecule has 7 heteroatoms. The Morgan fingerprint density at radius 3 is 2.62 bits per heavy atom. The molecule has 0 aromatic heterocycles. The van der Waals surface area contributed by atoms with Crippen LogP contribution < -0.4 is 10.0 Å². The van der Waals surface area contributed by atoms with Crippen molar-refractivity contribution < 1.29 is 8.42 Å². The molecular formula is C14H12BrClN2O2S. The standard InChI is InChI=1S/C14H12BrClN2O2S/c15-11-2-4-14(13(16)6-11)18-21(19,20)12-3-1-9-7-17-8-10(9)5-12/h1-6,17-18H,7-8H2. The number of fused-ring (bicyclic) bond motifs is 1. The summed E-state index contributed by atoms with van der Waals surface area (Å²) in [6.07, 6.45) is 0. The molecule has 0 spiro atoms. The van der Waals surface area contributed by atoms with Crippen molar-refractivity contribution in [3.05, 3.63) is 57.0 Å². The first-order valence-corrected chi connectivity index (χ1v) is 8.91. The third kappa shape index (κ3) is 3.08. The van der Waals surface area contributed by atoms with Gasteiger partial charge in [0.05, 0.1) is 15.6 Å². The Morgan fingerprint density at radius 2 is 1.86 bits per heavy atom. The lowest BCUT2D eigenvalue weighted by Gasteiger charge is -2.11. The topological polar surface area (TPSA) is 58.2 Å². The number of benzene rings is 2. The Bertz CT molecular complexity index is 809. The van der Waals surface area contributed by atoms with Crippen molar-refractivity contribution in [1.82, 2.24) is 5.32 Å². The van der Waals surface area contributed by atoms with Crippen LogP contribution >= 0.6 is 27.5 Å². The maximum atomic E-state index is 12.4. The van der Waals surface area contributed by atoms with Crippen molar-refractivity contribution in [1.29, 1.82) is 0 Å². The van der Waals surface area contributed by atoms with Gasteiger partial charge in [0.2, 0.25) is 0 Å². The molecule has 4 nitrogen and oxygen atoms in total. The molecule has 0 aliphatic carbocycles. The molecule has 0 atom stereocenters. The quantitative estimate of drug-likeness (QED) is 0.847. The highest BCUT2D eigenvalue weighted by Crippen LogP contribution is 2.28. The van der Waals surface area contributed by atoms with E-state index in [9.17, 15) is 8.42 Å². The smallest absolute Gasteiger partial charge is 0.261 e. The largest absolute Gasteiger partial charge is 0.309 e. The van der Waals surface area contributed by atoms with Crippen LogP contribution in [0, 0.1) is 0 Å². The first-order valence-electron chi connectivity index (χ1n) is 6.26. The molecule has 21 heavy (non-hydrogen) atoms. The van der Waals surface area contributed by atoms with E-state index in [1.807, 2.05) is 6.07 Å². The zero-order chi connectivity index (χ0) is 15.0. The summed E-state index contributed by atoms with van der Waals surface area (Å²) in [7, 11) is -3.65. The highest BCUT2D eigenvalue weighted by atomic mass is 79.9. The van der Waals surface area contributed by atoms with E-state index in [1.54, 1.807) is 30.3 Å². The Morgan fingerprint density at radius 1 is 1.10 bits per heavy atom. The molecular weight excluding hydrogens is 376 g/mol. The number of rotatable bonds is 3. The highest BCUT2D eigenvalue weighted by molar-refractivity contribution is 9.10. The number of hydrogen-bond acceptors (Lipinski definition) is 3. The van der Waals surface area contributed by atoms with Gasteiger partial charge in [-0.05, 0) is 41.5 Å². The number of sulfonamides is 1. The molecule has 1 aliphatic heterocycles. The molecule has 0 bridgehead atoms. The molecule has 0 saturated heterocycles. The summed E-state index contributed by atoms with van der Waals surface area (Å²) in [5.41, 5.74) is 2.51. The SMILES string of the molecule is O=S(=O)(Nc1ccc(Br)cc1Cl)c1ccc2c(c1)CNC2.